The summed E-state index contributed by atoms with van der Waals surface area (Å²) < 4.78 is 23.1. The van der Waals surface area contributed by atoms with E-state index in [1.807, 2.05) is 0 Å². The van der Waals surface area contributed by atoms with E-state index in [4.69, 9.17) is 5.73 Å². The summed E-state index contributed by atoms with van der Waals surface area (Å²) in [4.78, 5) is 7.70. The van der Waals surface area contributed by atoms with Crippen molar-refractivity contribution in [2.75, 3.05) is 6.54 Å². The number of rotatable bonds is 4. The van der Waals surface area contributed by atoms with Gasteiger partial charge in [0.05, 0.1) is 5.25 Å². The minimum atomic E-state index is -3.21. The highest BCUT2D eigenvalue weighted by atomic mass is 32.2. The molecule has 0 aromatic carbocycles. The summed E-state index contributed by atoms with van der Waals surface area (Å²) in [5.74, 6) is 0.166. The normalized spacial score (nSPS) is 13.9. The van der Waals surface area contributed by atoms with Gasteiger partial charge in [0, 0.05) is 18.9 Å². The second-order valence-electron chi connectivity index (χ2n) is 3.02. The molecule has 0 spiro atoms. The van der Waals surface area contributed by atoms with E-state index in [1.54, 1.807) is 13.0 Å². The second kappa shape index (κ2) is 4.47. The van der Waals surface area contributed by atoms with E-state index in [1.165, 1.54) is 12.4 Å². The number of nitrogens with zero attached hydrogens (tertiary/aromatic N) is 2. The van der Waals surface area contributed by atoms with Gasteiger partial charge in [-0.2, -0.15) is 0 Å². The van der Waals surface area contributed by atoms with E-state index in [-0.39, 0.29) is 12.3 Å². The zero-order valence-electron chi connectivity index (χ0n) is 7.92. The smallest absolute Gasteiger partial charge is 0.161 e. The molecule has 1 unspecified atom stereocenters. The number of nitrogens with two attached hydrogens (primary N) is 1. The van der Waals surface area contributed by atoms with Crippen molar-refractivity contribution in [2.24, 2.45) is 5.73 Å². The first-order valence-electron chi connectivity index (χ1n) is 4.24. The lowest BCUT2D eigenvalue weighted by molar-refractivity contribution is 0.581. The molecule has 1 aromatic heterocycles. The van der Waals surface area contributed by atoms with Crippen LogP contribution in [0.5, 0.6) is 0 Å². The first kappa shape index (κ1) is 11.1. The number of hydrogen-bond acceptors (Lipinski definition) is 5. The molecule has 0 aliphatic rings. The van der Waals surface area contributed by atoms with Gasteiger partial charge in [0.2, 0.25) is 0 Å². The van der Waals surface area contributed by atoms with Crippen molar-refractivity contribution in [3.8, 4) is 0 Å². The van der Waals surface area contributed by atoms with Crippen LogP contribution in [0.4, 0.5) is 0 Å². The Kier molecular flexibility index (Phi) is 3.54. The van der Waals surface area contributed by atoms with Gasteiger partial charge < -0.3 is 5.73 Å². The summed E-state index contributed by atoms with van der Waals surface area (Å²) in [6.07, 6.45) is 3.04. The fourth-order valence-corrected chi connectivity index (χ4v) is 1.96. The highest BCUT2D eigenvalue weighted by molar-refractivity contribution is 7.91. The van der Waals surface area contributed by atoms with Crippen molar-refractivity contribution >= 4 is 9.84 Å². The Bertz CT molecular complexity index is 377. The molecule has 14 heavy (non-hydrogen) atoms. The van der Waals surface area contributed by atoms with Crippen molar-refractivity contribution in [1.82, 2.24) is 9.97 Å². The SMILES string of the molecule is CC(CN)S(=O)(=O)Cc1ncccn1. The fraction of sp³-hybridized carbons (Fsp3) is 0.500. The van der Waals surface area contributed by atoms with Crippen LogP contribution >= 0.6 is 0 Å². The van der Waals surface area contributed by atoms with Gasteiger partial charge in [-0.15, -0.1) is 0 Å². The predicted octanol–water partition coefficient (Wildman–Crippen LogP) is -0.261. The van der Waals surface area contributed by atoms with Crippen molar-refractivity contribution in [1.29, 1.82) is 0 Å². The Hall–Kier alpha value is -1.01. The maximum absolute atomic E-state index is 11.6. The molecule has 0 aliphatic carbocycles. The van der Waals surface area contributed by atoms with E-state index in [0.29, 0.717) is 5.82 Å². The standard InChI is InChI=1S/C8H13N3O2S/c1-7(5-9)14(12,13)6-8-10-3-2-4-11-8/h2-4,7H,5-6,9H2,1H3. The fourth-order valence-electron chi connectivity index (χ4n) is 0.873. The largest absolute Gasteiger partial charge is 0.329 e. The molecule has 0 amide bonds. The summed E-state index contributed by atoms with van der Waals surface area (Å²) in [5.41, 5.74) is 5.29. The van der Waals surface area contributed by atoms with Gasteiger partial charge in [-0.05, 0) is 13.0 Å². The van der Waals surface area contributed by atoms with Gasteiger partial charge in [0.25, 0.3) is 0 Å². The summed E-state index contributed by atoms with van der Waals surface area (Å²) in [6.45, 7) is 1.70. The molecule has 78 valence electrons. The van der Waals surface area contributed by atoms with E-state index in [0.717, 1.165) is 0 Å². The van der Waals surface area contributed by atoms with E-state index < -0.39 is 15.1 Å². The van der Waals surface area contributed by atoms with Crippen LogP contribution in [-0.4, -0.2) is 30.2 Å². The van der Waals surface area contributed by atoms with Crippen LogP contribution in [0.25, 0.3) is 0 Å². The average Bonchev–Trinajstić information content (AvgIpc) is 2.17. The maximum Gasteiger partial charge on any atom is 0.161 e. The molecular weight excluding hydrogens is 202 g/mol. The molecule has 2 N–H and O–H groups in total. The highest BCUT2D eigenvalue weighted by Crippen LogP contribution is 2.05. The van der Waals surface area contributed by atoms with Crippen molar-refractivity contribution in [3.05, 3.63) is 24.3 Å². The monoisotopic (exact) mass is 215 g/mol. The third kappa shape index (κ3) is 2.74. The molecule has 0 bridgehead atoms. The number of hydrogen-bond donors (Lipinski definition) is 1. The molecule has 0 fully saturated rings. The van der Waals surface area contributed by atoms with Crippen LogP contribution in [0.2, 0.25) is 0 Å². The van der Waals surface area contributed by atoms with E-state index in [9.17, 15) is 8.42 Å². The van der Waals surface area contributed by atoms with Crippen LogP contribution in [0.15, 0.2) is 18.5 Å². The first-order valence-corrected chi connectivity index (χ1v) is 5.95. The molecule has 0 radical (unpaired) electrons. The van der Waals surface area contributed by atoms with Crippen LogP contribution in [-0.2, 0) is 15.6 Å². The van der Waals surface area contributed by atoms with Crippen LogP contribution in [0, 0.1) is 0 Å². The van der Waals surface area contributed by atoms with Gasteiger partial charge in [-0.3, -0.25) is 0 Å². The molecule has 1 atom stereocenters. The Morgan fingerprint density at radius 2 is 2.00 bits per heavy atom. The van der Waals surface area contributed by atoms with Crippen LogP contribution in [0.3, 0.4) is 0 Å². The molecule has 1 aromatic rings. The van der Waals surface area contributed by atoms with E-state index >= 15 is 0 Å². The average molecular weight is 215 g/mol. The molecule has 1 rings (SSSR count). The molecule has 1 heterocycles. The quantitative estimate of drug-likeness (QED) is 0.747. The van der Waals surface area contributed by atoms with Gasteiger partial charge in [0.1, 0.15) is 11.6 Å². The molecule has 6 heteroatoms. The Labute approximate surface area is 83.3 Å². The van der Waals surface area contributed by atoms with E-state index in [2.05, 4.69) is 9.97 Å². The van der Waals surface area contributed by atoms with Crippen molar-refractivity contribution in [2.45, 2.75) is 17.9 Å². The lowest BCUT2D eigenvalue weighted by Crippen LogP contribution is -2.28. The maximum atomic E-state index is 11.6. The zero-order valence-corrected chi connectivity index (χ0v) is 8.74. The summed E-state index contributed by atoms with van der Waals surface area (Å²) in [6, 6.07) is 1.64. The van der Waals surface area contributed by atoms with Gasteiger partial charge in [-0.1, -0.05) is 0 Å². The Balaban J connectivity index is 2.79. The number of aromatic nitrogens is 2. The highest BCUT2D eigenvalue weighted by Gasteiger charge is 2.20. The topological polar surface area (TPSA) is 85.9 Å². The third-order valence-corrected chi connectivity index (χ3v) is 3.97. The van der Waals surface area contributed by atoms with Crippen LogP contribution in [0.1, 0.15) is 12.7 Å². The first-order chi connectivity index (χ1) is 6.56. The molecule has 0 aliphatic heterocycles. The Morgan fingerprint density at radius 3 is 2.50 bits per heavy atom. The number of sulfone groups is 1. The lowest BCUT2D eigenvalue weighted by Gasteiger charge is -2.08. The van der Waals surface area contributed by atoms with Gasteiger partial charge >= 0.3 is 0 Å². The Morgan fingerprint density at radius 1 is 1.43 bits per heavy atom. The zero-order chi connectivity index (χ0) is 10.6. The van der Waals surface area contributed by atoms with Gasteiger partial charge in [0.15, 0.2) is 9.84 Å². The van der Waals surface area contributed by atoms with Crippen LogP contribution < -0.4 is 5.73 Å². The van der Waals surface area contributed by atoms with Gasteiger partial charge in [-0.25, -0.2) is 18.4 Å². The molecule has 0 saturated heterocycles. The second-order valence-corrected chi connectivity index (χ2v) is 5.44. The van der Waals surface area contributed by atoms with Crippen molar-refractivity contribution < 1.29 is 8.42 Å². The molecule has 5 nitrogen and oxygen atoms in total. The summed E-state index contributed by atoms with van der Waals surface area (Å²) >= 11 is 0. The lowest BCUT2D eigenvalue weighted by atomic mass is 10.5. The minimum Gasteiger partial charge on any atom is -0.329 e. The third-order valence-electron chi connectivity index (χ3n) is 1.89. The minimum absolute atomic E-state index is 0.120. The van der Waals surface area contributed by atoms with Crippen molar-refractivity contribution in [3.63, 3.8) is 0 Å². The molecule has 0 saturated carbocycles. The summed E-state index contributed by atoms with van der Waals surface area (Å²) in [5, 5.41) is -0.550. The summed E-state index contributed by atoms with van der Waals surface area (Å²) in [7, 11) is -3.21. The predicted molar refractivity (Wildman–Crippen MR) is 53.2 cm³/mol. The molecular formula is C8H13N3O2S.